The number of amides is 2. The fourth-order valence-electron chi connectivity index (χ4n) is 3.88. The summed E-state index contributed by atoms with van der Waals surface area (Å²) >= 11 is 0. The van der Waals surface area contributed by atoms with Gasteiger partial charge in [0.1, 0.15) is 12.6 Å². The molecule has 0 spiro atoms. The van der Waals surface area contributed by atoms with Crippen LogP contribution >= 0.6 is 0 Å². The summed E-state index contributed by atoms with van der Waals surface area (Å²) in [7, 11) is -4.06. The highest BCUT2D eigenvalue weighted by molar-refractivity contribution is 7.92. The number of rotatable bonds is 11. The van der Waals surface area contributed by atoms with Crippen molar-refractivity contribution in [1.29, 1.82) is 0 Å². The molecule has 0 saturated carbocycles. The van der Waals surface area contributed by atoms with Crippen molar-refractivity contribution in [3.8, 4) is 0 Å². The smallest absolute Gasteiger partial charge is 0.264 e. The molecule has 1 N–H and O–H groups in total. The van der Waals surface area contributed by atoms with Crippen LogP contribution in [0.1, 0.15) is 37.5 Å². The predicted octanol–water partition coefficient (Wildman–Crippen LogP) is 4.69. The molecule has 0 fully saturated rings. The molecular formula is C30H37N3O4S. The molecule has 0 saturated heterocycles. The topological polar surface area (TPSA) is 86.8 Å². The SMILES string of the molecule is Cc1ccc(CN(C(=O)CN(c2ccc(C)cc2)S(=O)(=O)c2ccccc2)[C@H](C)C(=O)NCC(C)C)cc1. The van der Waals surface area contributed by atoms with Crippen LogP contribution in [0, 0.1) is 19.8 Å². The highest BCUT2D eigenvalue weighted by atomic mass is 32.2. The van der Waals surface area contributed by atoms with E-state index in [1.54, 1.807) is 49.4 Å². The van der Waals surface area contributed by atoms with Crippen molar-refractivity contribution in [3.05, 3.63) is 95.6 Å². The molecule has 1 atom stereocenters. The maximum Gasteiger partial charge on any atom is 0.264 e. The quantitative estimate of drug-likeness (QED) is 0.386. The number of anilines is 1. The summed E-state index contributed by atoms with van der Waals surface area (Å²) in [5.74, 6) is -0.509. The van der Waals surface area contributed by atoms with Crippen molar-refractivity contribution in [2.24, 2.45) is 5.92 Å². The number of hydrogen-bond acceptors (Lipinski definition) is 4. The fourth-order valence-corrected chi connectivity index (χ4v) is 5.32. The number of sulfonamides is 1. The van der Waals surface area contributed by atoms with Crippen LogP contribution in [0.25, 0.3) is 0 Å². The third-order valence-electron chi connectivity index (χ3n) is 6.26. The molecule has 0 heterocycles. The Kier molecular flexibility index (Phi) is 9.69. The van der Waals surface area contributed by atoms with Crippen LogP contribution in [-0.2, 0) is 26.2 Å². The van der Waals surface area contributed by atoms with E-state index in [4.69, 9.17) is 0 Å². The first-order chi connectivity index (χ1) is 18.0. The van der Waals surface area contributed by atoms with Gasteiger partial charge in [-0.15, -0.1) is 0 Å². The number of nitrogens with zero attached hydrogens (tertiary/aromatic N) is 2. The third-order valence-corrected chi connectivity index (χ3v) is 8.05. The van der Waals surface area contributed by atoms with E-state index < -0.39 is 28.5 Å². The first-order valence-corrected chi connectivity index (χ1v) is 14.2. The summed E-state index contributed by atoms with van der Waals surface area (Å²) in [5, 5.41) is 2.89. The number of benzene rings is 3. The molecule has 3 rings (SSSR count). The van der Waals surface area contributed by atoms with Gasteiger partial charge < -0.3 is 10.2 Å². The molecular weight excluding hydrogens is 498 g/mol. The molecule has 2 amide bonds. The summed E-state index contributed by atoms with van der Waals surface area (Å²) in [6, 6.07) is 21.9. The molecule has 7 nitrogen and oxygen atoms in total. The number of hydrogen-bond donors (Lipinski definition) is 1. The summed E-state index contributed by atoms with van der Waals surface area (Å²) < 4.78 is 28.6. The van der Waals surface area contributed by atoms with Crippen LogP contribution in [0.5, 0.6) is 0 Å². The molecule has 0 aliphatic heterocycles. The summed E-state index contributed by atoms with van der Waals surface area (Å²) in [6.45, 7) is 9.74. The first-order valence-electron chi connectivity index (χ1n) is 12.8. The molecule has 3 aromatic rings. The highest BCUT2D eigenvalue weighted by Crippen LogP contribution is 2.25. The minimum Gasteiger partial charge on any atom is -0.354 e. The second-order valence-electron chi connectivity index (χ2n) is 9.98. The first kappa shape index (κ1) is 28.9. The van der Waals surface area contributed by atoms with Gasteiger partial charge in [-0.1, -0.05) is 79.6 Å². The zero-order valence-corrected chi connectivity index (χ0v) is 23.5. The standard InChI is InChI=1S/C30H37N3O4S/c1-22(2)19-31-30(35)25(5)32(20-26-15-11-23(3)12-16-26)29(34)21-33(27-17-13-24(4)14-18-27)38(36,37)28-9-7-6-8-10-28/h6-18,22,25H,19-21H2,1-5H3,(H,31,35)/t25-/m1/s1. The van der Waals surface area contributed by atoms with E-state index in [0.29, 0.717) is 12.2 Å². The third kappa shape index (κ3) is 7.44. The van der Waals surface area contributed by atoms with E-state index in [1.807, 2.05) is 52.0 Å². The van der Waals surface area contributed by atoms with E-state index >= 15 is 0 Å². The van der Waals surface area contributed by atoms with Gasteiger partial charge in [-0.25, -0.2) is 8.42 Å². The van der Waals surface area contributed by atoms with Gasteiger partial charge in [-0.3, -0.25) is 13.9 Å². The van der Waals surface area contributed by atoms with Crippen molar-refractivity contribution < 1.29 is 18.0 Å². The summed E-state index contributed by atoms with van der Waals surface area (Å²) in [5.41, 5.74) is 3.27. The van der Waals surface area contributed by atoms with Crippen molar-refractivity contribution in [1.82, 2.24) is 10.2 Å². The molecule has 3 aromatic carbocycles. The fraction of sp³-hybridized carbons (Fsp3) is 0.333. The van der Waals surface area contributed by atoms with Crippen molar-refractivity contribution >= 4 is 27.5 Å². The number of aryl methyl sites for hydroxylation is 2. The monoisotopic (exact) mass is 535 g/mol. The van der Waals surface area contributed by atoms with Gasteiger partial charge >= 0.3 is 0 Å². The summed E-state index contributed by atoms with van der Waals surface area (Å²) in [4.78, 5) is 28.4. The van der Waals surface area contributed by atoms with Gasteiger partial charge in [0.25, 0.3) is 10.0 Å². The van der Waals surface area contributed by atoms with Crippen LogP contribution in [0.2, 0.25) is 0 Å². The van der Waals surface area contributed by atoms with E-state index in [-0.39, 0.29) is 23.3 Å². The lowest BCUT2D eigenvalue weighted by Crippen LogP contribution is -2.51. The lowest BCUT2D eigenvalue weighted by atomic mass is 10.1. The van der Waals surface area contributed by atoms with E-state index in [1.165, 1.54) is 17.0 Å². The molecule has 38 heavy (non-hydrogen) atoms. The second-order valence-corrected chi connectivity index (χ2v) is 11.8. The zero-order valence-electron chi connectivity index (χ0n) is 22.7. The Morgan fingerprint density at radius 1 is 0.816 bits per heavy atom. The minimum absolute atomic E-state index is 0.0844. The van der Waals surface area contributed by atoms with Gasteiger partial charge in [0, 0.05) is 13.1 Å². The Labute approximate surface area is 226 Å². The molecule has 202 valence electrons. The number of carbonyl (C=O) groups is 2. The van der Waals surface area contributed by atoms with Crippen molar-refractivity contribution in [2.45, 2.75) is 52.1 Å². The normalized spacial score (nSPS) is 12.2. The van der Waals surface area contributed by atoms with Crippen molar-refractivity contribution in [3.63, 3.8) is 0 Å². The number of nitrogens with one attached hydrogen (secondary N) is 1. The van der Waals surface area contributed by atoms with Gasteiger partial charge in [-0.2, -0.15) is 0 Å². The summed E-state index contributed by atoms with van der Waals surface area (Å²) in [6.07, 6.45) is 0. The average molecular weight is 536 g/mol. The van der Waals surface area contributed by atoms with Crippen LogP contribution in [-0.4, -0.2) is 44.3 Å². The van der Waals surface area contributed by atoms with Gasteiger partial charge in [0.05, 0.1) is 10.6 Å². The Morgan fingerprint density at radius 2 is 1.37 bits per heavy atom. The van der Waals surface area contributed by atoms with Crippen LogP contribution in [0.3, 0.4) is 0 Å². The number of carbonyl (C=O) groups excluding carboxylic acids is 2. The Morgan fingerprint density at radius 3 is 1.92 bits per heavy atom. The molecule has 0 aromatic heterocycles. The Hall–Kier alpha value is -3.65. The van der Waals surface area contributed by atoms with E-state index in [9.17, 15) is 18.0 Å². The second kappa shape index (κ2) is 12.7. The molecule has 0 aliphatic carbocycles. The Bertz CT molecular complexity index is 1320. The van der Waals surface area contributed by atoms with Crippen molar-refractivity contribution in [2.75, 3.05) is 17.4 Å². The molecule has 8 heteroatoms. The lowest BCUT2D eigenvalue weighted by molar-refractivity contribution is -0.139. The van der Waals surface area contributed by atoms with Gasteiger partial charge in [0.2, 0.25) is 11.8 Å². The van der Waals surface area contributed by atoms with Crippen LogP contribution in [0.15, 0.2) is 83.8 Å². The van der Waals surface area contributed by atoms with Crippen LogP contribution in [0.4, 0.5) is 5.69 Å². The predicted molar refractivity (Wildman–Crippen MR) is 151 cm³/mol. The van der Waals surface area contributed by atoms with Crippen LogP contribution < -0.4 is 9.62 Å². The van der Waals surface area contributed by atoms with Gasteiger partial charge in [0.15, 0.2) is 0 Å². The maximum atomic E-state index is 13.9. The highest BCUT2D eigenvalue weighted by Gasteiger charge is 2.32. The largest absolute Gasteiger partial charge is 0.354 e. The molecule has 0 unspecified atom stereocenters. The maximum absolute atomic E-state index is 13.9. The average Bonchev–Trinajstić information content (AvgIpc) is 2.90. The molecule has 0 radical (unpaired) electrons. The Balaban J connectivity index is 1.98. The van der Waals surface area contributed by atoms with Gasteiger partial charge in [-0.05, 0) is 56.5 Å². The zero-order chi connectivity index (χ0) is 27.9. The molecule has 0 aliphatic rings. The van der Waals surface area contributed by atoms with E-state index in [2.05, 4.69) is 5.32 Å². The lowest BCUT2D eigenvalue weighted by Gasteiger charge is -2.32. The molecule has 0 bridgehead atoms. The van der Waals surface area contributed by atoms with E-state index in [0.717, 1.165) is 21.0 Å². The minimum atomic E-state index is -4.06.